The first-order valence-electron chi connectivity index (χ1n) is 5.24. The second-order valence-electron chi connectivity index (χ2n) is 3.84. The molecule has 94 valence electrons. The molecule has 0 radical (unpaired) electrons. The van der Waals surface area contributed by atoms with Crippen molar-refractivity contribution in [1.29, 1.82) is 0 Å². The number of halogens is 1. The number of rotatable bonds is 3. The van der Waals surface area contributed by atoms with E-state index in [9.17, 15) is 4.79 Å². The molecule has 0 bridgehead atoms. The average Bonchev–Trinajstić information content (AvgIpc) is 2.68. The van der Waals surface area contributed by atoms with Gasteiger partial charge < -0.3 is 11.1 Å². The van der Waals surface area contributed by atoms with Gasteiger partial charge in [0.05, 0.1) is 11.9 Å². The highest BCUT2D eigenvalue weighted by Crippen LogP contribution is 2.16. The van der Waals surface area contributed by atoms with Crippen molar-refractivity contribution in [1.82, 2.24) is 14.8 Å². The van der Waals surface area contributed by atoms with E-state index < -0.39 is 0 Å². The topological polar surface area (TPSA) is 85.8 Å². The molecule has 0 aliphatic heterocycles. The van der Waals surface area contributed by atoms with Crippen LogP contribution in [-0.4, -0.2) is 20.7 Å². The van der Waals surface area contributed by atoms with E-state index in [2.05, 4.69) is 31.3 Å². The van der Waals surface area contributed by atoms with Crippen molar-refractivity contribution in [2.75, 3.05) is 11.1 Å². The first-order valence-corrected chi connectivity index (χ1v) is 6.04. The fraction of sp³-hybridized carbons (Fsp3) is 0.182. The van der Waals surface area contributed by atoms with Gasteiger partial charge in [0.25, 0.3) is 0 Å². The summed E-state index contributed by atoms with van der Waals surface area (Å²) in [6, 6.07) is 1.88. The molecule has 18 heavy (non-hydrogen) atoms. The second-order valence-corrected chi connectivity index (χ2v) is 4.75. The van der Waals surface area contributed by atoms with Crippen LogP contribution in [0.25, 0.3) is 0 Å². The summed E-state index contributed by atoms with van der Waals surface area (Å²) >= 11 is 3.32. The predicted octanol–water partition coefficient (Wildman–Crippen LogP) is 1.57. The van der Waals surface area contributed by atoms with Crippen LogP contribution in [0.2, 0.25) is 0 Å². The van der Waals surface area contributed by atoms with Crippen molar-refractivity contribution in [3.05, 3.63) is 34.7 Å². The summed E-state index contributed by atoms with van der Waals surface area (Å²) in [7, 11) is 0. The van der Waals surface area contributed by atoms with E-state index in [0.717, 1.165) is 10.0 Å². The fourth-order valence-corrected chi connectivity index (χ4v) is 1.90. The van der Waals surface area contributed by atoms with Crippen LogP contribution >= 0.6 is 15.9 Å². The number of amides is 1. The standard InChI is InChI=1S/C11H12BrN5O/c1-7-2-8(12)3-14-11(7)16-10(18)6-17-5-9(13)4-15-17/h2-5H,6,13H2,1H3,(H,14,16,18). The maximum Gasteiger partial charge on any atom is 0.247 e. The zero-order chi connectivity index (χ0) is 13.1. The van der Waals surface area contributed by atoms with Crippen molar-refractivity contribution in [3.63, 3.8) is 0 Å². The number of nitrogen functional groups attached to an aromatic ring is 1. The number of hydrogen-bond donors (Lipinski definition) is 2. The van der Waals surface area contributed by atoms with E-state index in [4.69, 9.17) is 5.73 Å². The number of hydrogen-bond acceptors (Lipinski definition) is 4. The molecule has 0 spiro atoms. The first kappa shape index (κ1) is 12.6. The Balaban J connectivity index is 2.03. The zero-order valence-electron chi connectivity index (χ0n) is 9.72. The average molecular weight is 310 g/mol. The van der Waals surface area contributed by atoms with E-state index in [1.165, 1.54) is 10.9 Å². The number of anilines is 2. The minimum atomic E-state index is -0.198. The number of nitrogens with one attached hydrogen (secondary N) is 1. The molecule has 2 aromatic rings. The summed E-state index contributed by atoms with van der Waals surface area (Å²) in [6.45, 7) is 1.98. The van der Waals surface area contributed by atoms with Gasteiger partial charge in [-0.1, -0.05) is 0 Å². The molecule has 7 heteroatoms. The first-order chi connectivity index (χ1) is 8.54. The molecule has 0 saturated carbocycles. The molecule has 3 N–H and O–H groups in total. The van der Waals surface area contributed by atoms with Crippen LogP contribution in [0.15, 0.2) is 29.1 Å². The number of aryl methyl sites for hydroxylation is 1. The van der Waals surface area contributed by atoms with Crippen LogP contribution in [0, 0.1) is 6.92 Å². The maximum atomic E-state index is 11.8. The molecule has 0 aliphatic rings. The quantitative estimate of drug-likeness (QED) is 0.901. The summed E-state index contributed by atoms with van der Waals surface area (Å²) in [6.07, 6.45) is 4.73. The molecule has 0 aliphatic carbocycles. The molecule has 2 aromatic heterocycles. The summed E-state index contributed by atoms with van der Waals surface area (Å²) in [5.74, 6) is 0.347. The number of pyridine rings is 1. The molecular weight excluding hydrogens is 298 g/mol. The number of carbonyl (C=O) groups excluding carboxylic acids is 1. The Kier molecular flexibility index (Phi) is 3.61. The van der Waals surface area contributed by atoms with E-state index in [0.29, 0.717) is 11.5 Å². The van der Waals surface area contributed by atoms with Crippen LogP contribution in [-0.2, 0) is 11.3 Å². The maximum absolute atomic E-state index is 11.8. The molecule has 0 unspecified atom stereocenters. The fourth-order valence-electron chi connectivity index (χ4n) is 1.46. The predicted molar refractivity (Wildman–Crippen MR) is 71.9 cm³/mol. The normalized spacial score (nSPS) is 10.3. The van der Waals surface area contributed by atoms with Gasteiger partial charge >= 0.3 is 0 Å². The number of carbonyl (C=O) groups is 1. The Morgan fingerprint density at radius 2 is 2.33 bits per heavy atom. The lowest BCUT2D eigenvalue weighted by Gasteiger charge is -2.07. The van der Waals surface area contributed by atoms with Crippen molar-refractivity contribution in [2.45, 2.75) is 13.5 Å². The van der Waals surface area contributed by atoms with Gasteiger partial charge in [-0.3, -0.25) is 9.48 Å². The van der Waals surface area contributed by atoms with Crippen molar-refractivity contribution in [2.24, 2.45) is 0 Å². The number of nitrogens with zero attached hydrogens (tertiary/aromatic N) is 3. The summed E-state index contributed by atoms with van der Waals surface area (Å²) < 4.78 is 2.34. The lowest BCUT2D eigenvalue weighted by Crippen LogP contribution is -2.20. The molecule has 2 heterocycles. The summed E-state index contributed by atoms with van der Waals surface area (Å²) in [4.78, 5) is 15.9. The summed E-state index contributed by atoms with van der Waals surface area (Å²) in [5.41, 5.74) is 6.93. The summed E-state index contributed by atoms with van der Waals surface area (Å²) in [5, 5.41) is 6.66. The Hall–Kier alpha value is -1.89. The lowest BCUT2D eigenvalue weighted by molar-refractivity contribution is -0.116. The molecule has 2 rings (SSSR count). The van der Waals surface area contributed by atoms with Gasteiger partial charge in [0.1, 0.15) is 12.4 Å². The molecule has 0 aromatic carbocycles. The SMILES string of the molecule is Cc1cc(Br)cnc1NC(=O)Cn1cc(N)cn1. The van der Waals surface area contributed by atoms with Gasteiger partial charge in [-0.15, -0.1) is 0 Å². The van der Waals surface area contributed by atoms with E-state index >= 15 is 0 Å². The Morgan fingerprint density at radius 1 is 1.56 bits per heavy atom. The van der Waals surface area contributed by atoms with E-state index in [1.54, 1.807) is 12.4 Å². The van der Waals surface area contributed by atoms with Gasteiger partial charge in [-0.2, -0.15) is 5.10 Å². The van der Waals surface area contributed by atoms with Gasteiger partial charge in [-0.25, -0.2) is 4.98 Å². The van der Waals surface area contributed by atoms with Crippen LogP contribution in [0.5, 0.6) is 0 Å². The minimum Gasteiger partial charge on any atom is -0.396 e. The van der Waals surface area contributed by atoms with Crippen LogP contribution in [0.1, 0.15) is 5.56 Å². The Morgan fingerprint density at radius 3 is 2.94 bits per heavy atom. The molecule has 0 saturated heterocycles. The highest BCUT2D eigenvalue weighted by atomic mass is 79.9. The van der Waals surface area contributed by atoms with Crippen LogP contribution in [0.3, 0.4) is 0 Å². The van der Waals surface area contributed by atoms with Crippen molar-refractivity contribution in [3.8, 4) is 0 Å². The number of aromatic nitrogens is 3. The van der Waals surface area contributed by atoms with Gasteiger partial charge in [0.15, 0.2) is 0 Å². The molecule has 6 nitrogen and oxygen atoms in total. The second kappa shape index (κ2) is 5.18. The highest BCUT2D eigenvalue weighted by molar-refractivity contribution is 9.10. The smallest absolute Gasteiger partial charge is 0.247 e. The largest absolute Gasteiger partial charge is 0.396 e. The third-order valence-corrected chi connectivity index (χ3v) is 2.70. The van der Waals surface area contributed by atoms with Crippen LogP contribution in [0.4, 0.5) is 11.5 Å². The highest BCUT2D eigenvalue weighted by Gasteiger charge is 2.07. The van der Waals surface area contributed by atoms with Gasteiger partial charge in [0, 0.05) is 16.9 Å². The van der Waals surface area contributed by atoms with E-state index in [-0.39, 0.29) is 12.5 Å². The third kappa shape index (κ3) is 3.07. The number of nitrogens with two attached hydrogens (primary N) is 1. The monoisotopic (exact) mass is 309 g/mol. The molecule has 0 atom stereocenters. The molecular formula is C11H12BrN5O. The van der Waals surface area contributed by atoms with E-state index in [1.807, 2.05) is 13.0 Å². The van der Waals surface area contributed by atoms with Crippen molar-refractivity contribution < 1.29 is 4.79 Å². The van der Waals surface area contributed by atoms with Gasteiger partial charge in [0.2, 0.25) is 5.91 Å². The molecule has 0 fully saturated rings. The lowest BCUT2D eigenvalue weighted by atomic mass is 10.3. The Labute approximate surface area is 112 Å². The third-order valence-electron chi connectivity index (χ3n) is 2.26. The zero-order valence-corrected chi connectivity index (χ0v) is 11.3. The Bertz CT molecular complexity index is 581. The van der Waals surface area contributed by atoms with Gasteiger partial charge in [-0.05, 0) is 34.5 Å². The van der Waals surface area contributed by atoms with Crippen molar-refractivity contribution >= 4 is 33.3 Å². The minimum absolute atomic E-state index is 0.106. The van der Waals surface area contributed by atoms with Crippen LogP contribution < -0.4 is 11.1 Å². The molecule has 1 amide bonds.